The van der Waals surface area contributed by atoms with Gasteiger partial charge in [-0.3, -0.25) is 4.68 Å². The van der Waals surface area contributed by atoms with E-state index < -0.39 is 0 Å². The Kier molecular flexibility index (Phi) is 3.50. The summed E-state index contributed by atoms with van der Waals surface area (Å²) in [7, 11) is 1.88. The number of aryl methyl sites for hydroxylation is 1. The first-order chi connectivity index (χ1) is 7.66. The van der Waals surface area contributed by atoms with Crippen molar-refractivity contribution in [2.24, 2.45) is 7.05 Å². The molecule has 6 heteroatoms. The van der Waals surface area contributed by atoms with E-state index in [0.717, 1.165) is 26.6 Å². The Labute approximate surface area is 106 Å². The second-order valence-corrected chi connectivity index (χ2v) is 5.20. The predicted molar refractivity (Wildman–Crippen MR) is 69.1 cm³/mol. The molecule has 0 atom stereocenters. The second kappa shape index (κ2) is 4.88. The van der Waals surface area contributed by atoms with Crippen LogP contribution in [0.15, 0.2) is 33.9 Å². The van der Waals surface area contributed by atoms with Crippen LogP contribution in [0.3, 0.4) is 0 Å². The van der Waals surface area contributed by atoms with Crippen LogP contribution in [0.25, 0.3) is 0 Å². The van der Waals surface area contributed by atoms with Crippen LogP contribution in [-0.4, -0.2) is 14.8 Å². The smallest absolute Gasteiger partial charge is 0.138 e. The monoisotopic (exact) mass is 298 g/mol. The van der Waals surface area contributed by atoms with E-state index in [4.69, 9.17) is 5.73 Å². The quantitative estimate of drug-likeness (QED) is 0.698. The van der Waals surface area contributed by atoms with Gasteiger partial charge in [-0.25, -0.2) is 4.98 Å². The van der Waals surface area contributed by atoms with E-state index in [1.807, 2.05) is 25.2 Å². The molecule has 0 radical (unpaired) electrons. The van der Waals surface area contributed by atoms with Gasteiger partial charge in [0.25, 0.3) is 0 Å². The molecular formula is C10H11BrN4S. The topological polar surface area (TPSA) is 56.7 Å². The maximum atomic E-state index is 5.91. The van der Waals surface area contributed by atoms with E-state index in [9.17, 15) is 0 Å². The van der Waals surface area contributed by atoms with Crippen LogP contribution in [0.4, 0.5) is 5.69 Å². The molecule has 2 N–H and O–H groups in total. The van der Waals surface area contributed by atoms with Crippen LogP contribution in [0.1, 0.15) is 5.82 Å². The van der Waals surface area contributed by atoms with Gasteiger partial charge in [0.15, 0.2) is 0 Å². The van der Waals surface area contributed by atoms with Crippen LogP contribution in [0.5, 0.6) is 0 Å². The molecule has 0 amide bonds. The number of hydrogen-bond acceptors (Lipinski definition) is 4. The lowest BCUT2D eigenvalue weighted by molar-refractivity contribution is 0.730. The Balaban J connectivity index is 2.08. The third-order valence-corrected chi connectivity index (χ3v) is 3.71. The van der Waals surface area contributed by atoms with Crippen LogP contribution in [0.2, 0.25) is 0 Å². The van der Waals surface area contributed by atoms with Gasteiger partial charge in [0.2, 0.25) is 0 Å². The van der Waals surface area contributed by atoms with Crippen molar-refractivity contribution in [3.05, 3.63) is 34.8 Å². The van der Waals surface area contributed by atoms with Gasteiger partial charge in [-0.2, -0.15) is 5.10 Å². The van der Waals surface area contributed by atoms with Crippen molar-refractivity contribution in [2.75, 3.05) is 5.73 Å². The molecule has 0 unspecified atom stereocenters. The van der Waals surface area contributed by atoms with Crippen molar-refractivity contribution in [3.8, 4) is 0 Å². The standard InChI is InChI=1S/C10H11BrN4S/c1-15-10(13-6-14-15)5-16-9-3-2-7(11)4-8(9)12/h2-4,6H,5,12H2,1H3. The second-order valence-electron chi connectivity index (χ2n) is 3.27. The Hall–Kier alpha value is -1.01. The van der Waals surface area contributed by atoms with Crippen LogP contribution < -0.4 is 5.73 Å². The maximum Gasteiger partial charge on any atom is 0.138 e. The predicted octanol–water partition coefficient (Wildman–Crippen LogP) is 2.45. The molecule has 16 heavy (non-hydrogen) atoms. The summed E-state index contributed by atoms with van der Waals surface area (Å²) in [4.78, 5) is 5.22. The minimum absolute atomic E-state index is 0.766. The summed E-state index contributed by atoms with van der Waals surface area (Å²) in [5, 5.41) is 4.02. The lowest BCUT2D eigenvalue weighted by atomic mass is 10.3. The van der Waals surface area contributed by atoms with E-state index >= 15 is 0 Å². The highest BCUT2D eigenvalue weighted by Crippen LogP contribution is 2.29. The number of nitrogen functional groups attached to an aromatic ring is 1. The molecule has 1 aromatic carbocycles. The molecule has 1 aromatic heterocycles. The van der Waals surface area contributed by atoms with Gasteiger partial charge < -0.3 is 5.73 Å². The summed E-state index contributed by atoms with van der Waals surface area (Å²) >= 11 is 5.04. The fraction of sp³-hybridized carbons (Fsp3) is 0.200. The zero-order valence-electron chi connectivity index (χ0n) is 8.72. The van der Waals surface area contributed by atoms with Gasteiger partial charge >= 0.3 is 0 Å². The molecule has 0 bridgehead atoms. The number of hydrogen-bond donors (Lipinski definition) is 1. The number of nitrogens with zero attached hydrogens (tertiary/aromatic N) is 3. The average Bonchev–Trinajstić information content (AvgIpc) is 2.63. The van der Waals surface area contributed by atoms with Crippen LogP contribution in [0, 0.1) is 0 Å². The molecule has 0 fully saturated rings. The van der Waals surface area contributed by atoms with E-state index in [-0.39, 0.29) is 0 Å². The molecule has 0 aliphatic rings. The fourth-order valence-electron chi connectivity index (χ4n) is 1.24. The molecule has 0 saturated heterocycles. The molecule has 2 aromatic rings. The SMILES string of the molecule is Cn1ncnc1CSc1ccc(Br)cc1N. The zero-order valence-corrected chi connectivity index (χ0v) is 11.1. The molecule has 0 aliphatic heterocycles. The molecule has 0 spiro atoms. The summed E-state index contributed by atoms with van der Waals surface area (Å²) in [5.74, 6) is 1.70. The first-order valence-electron chi connectivity index (χ1n) is 4.67. The normalized spacial score (nSPS) is 10.6. The third kappa shape index (κ3) is 2.56. The highest BCUT2D eigenvalue weighted by atomic mass is 79.9. The van der Waals surface area contributed by atoms with Gasteiger partial charge in [-0.1, -0.05) is 15.9 Å². The molecular weight excluding hydrogens is 288 g/mol. The van der Waals surface area contributed by atoms with Crippen molar-refractivity contribution < 1.29 is 0 Å². The van der Waals surface area contributed by atoms with Crippen molar-refractivity contribution in [3.63, 3.8) is 0 Å². The van der Waals surface area contributed by atoms with Crippen LogP contribution in [-0.2, 0) is 12.8 Å². The van der Waals surface area contributed by atoms with Crippen molar-refractivity contribution in [1.82, 2.24) is 14.8 Å². The van der Waals surface area contributed by atoms with Crippen LogP contribution >= 0.6 is 27.7 Å². The van der Waals surface area contributed by atoms with E-state index in [1.165, 1.54) is 0 Å². The molecule has 1 heterocycles. The molecule has 0 aliphatic carbocycles. The Morgan fingerprint density at radius 2 is 2.31 bits per heavy atom. The fourth-order valence-corrected chi connectivity index (χ4v) is 2.56. The van der Waals surface area contributed by atoms with Gasteiger partial charge in [0, 0.05) is 22.1 Å². The first kappa shape index (κ1) is 11.5. The van der Waals surface area contributed by atoms with Gasteiger partial charge in [-0.15, -0.1) is 11.8 Å². The molecule has 4 nitrogen and oxygen atoms in total. The summed E-state index contributed by atoms with van der Waals surface area (Å²) < 4.78 is 2.76. The lowest BCUT2D eigenvalue weighted by Gasteiger charge is -2.05. The maximum absolute atomic E-state index is 5.91. The first-order valence-corrected chi connectivity index (χ1v) is 6.45. The number of aromatic nitrogens is 3. The summed E-state index contributed by atoms with van der Waals surface area (Å²) in [6.45, 7) is 0. The van der Waals surface area contributed by atoms with E-state index in [0.29, 0.717) is 0 Å². The van der Waals surface area contributed by atoms with Crippen molar-refractivity contribution >= 4 is 33.4 Å². The number of halogens is 1. The van der Waals surface area contributed by atoms with E-state index in [2.05, 4.69) is 26.0 Å². The number of thioether (sulfide) groups is 1. The Bertz CT molecular complexity index is 497. The summed E-state index contributed by atoms with van der Waals surface area (Å²) in [5.41, 5.74) is 6.68. The third-order valence-electron chi connectivity index (χ3n) is 2.13. The minimum atomic E-state index is 0.766. The van der Waals surface area contributed by atoms with Crippen molar-refractivity contribution in [2.45, 2.75) is 10.6 Å². The molecule has 84 valence electrons. The number of rotatable bonds is 3. The molecule has 0 saturated carbocycles. The minimum Gasteiger partial charge on any atom is -0.398 e. The number of nitrogens with two attached hydrogens (primary N) is 1. The number of benzene rings is 1. The largest absolute Gasteiger partial charge is 0.398 e. The van der Waals surface area contributed by atoms with E-state index in [1.54, 1.807) is 22.8 Å². The van der Waals surface area contributed by atoms with Gasteiger partial charge in [0.1, 0.15) is 12.2 Å². The van der Waals surface area contributed by atoms with Gasteiger partial charge in [0.05, 0.1) is 5.75 Å². The Morgan fingerprint density at radius 3 is 2.94 bits per heavy atom. The average molecular weight is 299 g/mol. The Morgan fingerprint density at radius 1 is 1.50 bits per heavy atom. The molecule has 2 rings (SSSR count). The highest BCUT2D eigenvalue weighted by molar-refractivity contribution is 9.10. The number of anilines is 1. The summed E-state index contributed by atoms with van der Waals surface area (Å²) in [6, 6.07) is 5.88. The zero-order chi connectivity index (χ0) is 11.5. The lowest BCUT2D eigenvalue weighted by Crippen LogP contribution is -1.97. The summed E-state index contributed by atoms with van der Waals surface area (Å²) in [6.07, 6.45) is 1.56. The van der Waals surface area contributed by atoms with Gasteiger partial charge in [-0.05, 0) is 18.2 Å². The highest BCUT2D eigenvalue weighted by Gasteiger charge is 2.04. The van der Waals surface area contributed by atoms with Crippen molar-refractivity contribution in [1.29, 1.82) is 0 Å².